The fourth-order valence-corrected chi connectivity index (χ4v) is 5.20. The number of primary amides is 1. The smallest absolute Gasteiger partial charge is 0.433 e. The first-order valence-corrected chi connectivity index (χ1v) is 13.3. The minimum Gasteiger partial charge on any atom is -0.471 e. The number of nitrogens with zero attached hydrogens (tertiary/aromatic N) is 3. The summed E-state index contributed by atoms with van der Waals surface area (Å²) in [6.45, 7) is 3.67. The Balaban J connectivity index is 1.50. The zero-order valence-corrected chi connectivity index (χ0v) is 23.1. The van der Waals surface area contributed by atoms with Crippen molar-refractivity contribution in [2.75, 3.05) is 5.32 Å². The van der Waals surface area contributed by atoms with Crippen LogP contribution in [0.1, 0.15) is 37.0 Å². The third-order valence-corrected chi connectivity index (χ3v) is 7.67. The summed E-state index contributed by atoms with van der Waals surface area (Å²) >= 11 is 6.71. The number of hydrogen-bond acceptors (Lipinski definition) is 6. The van der Waals surface area contributed by atoms with Gasteiger partial charge in [-0.25, -0.2) is 9.67 Å². The quantitative estimate of drug-likeness (QED) is 0.213. The van der Waals surface area contributed by atoms with Crippen LogP contribution in [0.5, 0.6) is 5.75 Å². The maximum atomic E-state index is 13.7. The van der Waals surface area contributed by atoms with Crippen molar-refractivity contribution in [2.24, 2.45) is 5.73 Å². The molecule has 41 heavy (non-hydrogen) atoms. The van der Waals surface area contributed by atoms with Crippen LogP contribution in [-0.2, 0) is 12.9 Å². The Bertz CT molecular complexity index is 1800. The largest absolute Gasteiger partial charge is 0.471 e. The Morgan fingerprint density at radius 2 is 1.83 bits per heavy atom. The molecule has 0 spiro atoms. The van der Waals surface area contributed by atoms with Crippen molar-refractivity contribution < 1.29 is 27.5 Å². The first-order valence-electron chi connectivity index (χ1n) is 12.1. The number of carbonyl (C=O) groups excluding carboxylic acids is 2. The number of rotatable bonds is 7. The van der Waals surface area contributed by atoms with Gasteiger partial charge in [-0.2, -0.15) is 18.3 Å². The topological polar surface area (TPSA) is 112 Å². The summed E-state index contributed by atoms with van der Waals surface area (Å²) in [7, 11) is 0. The number of aryl methyl sites for hydroxylation is 2. The lowest BCUT2D eigenvalue weighted by Gasteiger charge is -2.12. The molecule has 0 fully saturated rings. The third-order valence-electron chi connectivity index (χ3n) is 6.14. The number of thiophene rings is 1. The van der Waals surface area contributed by atoms with Crippen LogP contribution in [0.25, 0.3) is 21.3 Å². The monoisotopic (exact) mass is 599 g/mol. The number of aromatic nitrogens is 3. The van der Waals surface area contributed by atoms with Crippen LogP contribution in [0.4, 0.5) is 18.9 Å². The van der Waals surface area contributed by atoms with E-state index in [1.165, 1.54) is 16.9 Å². The molecule has 0 saturated carbocycles. The van der Waals surface area contributed by atoms with Crippen LogP contribution in [0.15, 0.2) is 60.8 Å². The van der Waals surface area contributed by atoms with Gasteiger partial charge in [0.25, 0.3) is 11.8 Å². The number of halogens is 4. The molecule has 0 radical (unpaired) electrons. The predicted molar refractivity (Wildman–Crippen MR) is 150 cm³/mol. The molecule has 3 heterocycles. The van der Waals surface area contributed by atoms with Gasteiger partial charge in [0.05, 0.1) is 5.69 Å². The molecule has 2 amide bonds. The second-order valence-electron chi connectivity index (χ2n) is 9.15. The highest BCUT2D eigenvalue weighted by Crippen LogP contribution is 2.43. The zero-order valence-electron chi connectivity index (χ0n) is 21.5. The molecule has 3 aromatic heterocycles. The molecule has 0 aliphatic rings. The highest BCUT2D eigenvalue weighted by molar-refractivity contribution is 7.21. The number of hydrogen-bond donors (Lipinski definition) is 2. The van der Waals surface area contributed by atoms with E-state index in [2.05, 4.69) is 15.4 Å². The van der Waals surface area contributed by atoms with Crippen molar-refractivity contribution in [1.29, 1.82) is 0 Å². The minimum absolute atomic E-state index is 0.00994. The number of benzene rings is 2. The van der Waals surface area contributed by atoms with Gasteiger partial charge >= 0.3 is 6.18 Å². The van der Waals surface area contributed by atoms with E-state index < -0.39 is 23.7 Å². The highest BCUT2D eigenvalue weighted by atomic mass is 35.5. The summed E-state index contributed by atoms with van der Waals surface area (Å²) in [6.07, 6.45) is -3.22. The highest BCUT2D eigenvalue weighted by Gasteiger charge is 2.35. The number of carbonyl (C=O) groups is 2. The number of pyridine rings is 1. The van der Waals surface area contributed by atoms with Gasteiger partial charge in [-0.05, 0) is 60.9 Å². The number of nitrogens with two attached hydrogens (primary N) is 1. The third kappa shape index (κ3) is 5.88. The first kappa shape index (κ1) is 28.1. The van der Waals surface area contributed by atoms with Gasteiger partial charge < -0.3 is 15.8 Å². The summed E-state index contributed by atoms with van der Waals surface area (Å²) in [6, 6.07) is 14.3. The zero-order chi connectivity index (χ0) is 29.5. The number of fused-ring (bicyclic) bond motifs is 1. The molecule has 0 bridgehead atoms. The average molecular weight is 600 g/mol. The van der Waals surface area contributed by atoms with E-state index in [0.717, 1.165) is 17.2 Å². The molecule has 210 valence electrons. The van der Waals surface area contributed by atoms with Crippen LogP contribution in [-0.4, -0.2) is 26.6 Å². The van der Waals surface area contributed by atoms with Crippen molar-refractivity contribution in [3.05, 3.63) is 93.2 Å². The van der Waals surface area contributed by atoms with Gasteiger partial charge in [-0.1, -0.05) is 41.4 Å². The second-order valence-corrected chi connectivity index (χ2v) is 10.6. The molecule has 13 heteroatoms. The number of nitrogens with one attached hydrogen (secondary N) is 1. The summed E-state index contributed by atoms with van der Waals surface area (Å²) in [5.74, 6) is -1.08. The van der Waals surface area contributed by atoms with E-state index in [9.17, 15) is 22.8 Å². The van der Waals surface area contributed by atoms with E-state index in [1.807, 2.05) is 13.8 Å². The lowest BCUT2D eigenvalue weighted by atomic mass is 10.00. The van der Waals surface area contributed by atoms with E-state index in [0.29, 0.717) is 27.7 Å². The van der Waals surface area contributed by atoms with Gasteiger partial charge in [0, 0.05) is 16.6 Å². The molecule has 8 nitrogen and oxygen atoms in total. The van der Waals surface area contributed by atoms with Crippen LogP contribution < -0.4 is 15.8 Å². The molecule has 0 saturated heterocycles. The van der Waals surface area contributed by atoms with Gasteiger partial charge in [-0.15, -0.1) is 11.3 Å². The molecule has 0 atom stereocenters. The molecule has 5 aromatic rings. The standard InChI is InChI=1S/C28H21ClF3N5O3S/c1-14-3-5-16(6-4-14)18-12-21(28(30,31)32)34-27-22(18)23(24(41-27)25(33)38)35-26(39)20-9-10-37(36-20)13-40-17-7-8-19(29)15(2)11-17/h3-12H,13H2,1-2H3,(H2,33,38)(H,35,39). The van der Waals surface area contributed by atoms with Crippen molar-refractivity contribution in [3.8, 4) is 16.9 Å². The summed E-state index contributed by atoms with van der Waals surface area (Å²) in [5.41, 5.74) is 6.69. The van der Waals surface area contributed by atoms with Crippen molar-refractivity contribution in [3.63, 3.8) is 0 Å². The Labute approximate surface area is 240 Å². The molecule has 3 N–H and O–H groups in total. The van der Waals surface area contributed by atoms with Crippen molar-refractivity contribution in [1.82, 2.24) is 14.8 Å². The number of ether oxygens (including phenoxy) is 1. The lowest BCUT2D eigenvalue weighted by molar-refractivity contribution is -0.140. The maximum absolute atomic E-state index is 13.7. The second kappa shape index (κ2) is 10.9. The normalized spacial score (nSPS) is 11.6. The lowest BCUT2D eigenvalue weighted by Crippen LogP contribution is -2.18. The van der Waals surface area contributed by atoms with Crippen LogP contribution in [0, 0.1) is 13.8 Å². The minimum atomic E-state index is -4.74. The van der Waals surface area contributed by atoms with Gasteiger partial charge in [-0.3, -0.25) is 9.59 Å². The first-order chi connectivity index (χ1) is 19.4. The van der Waals surface area contributed by atoms with Crippen molar-refractivity contribution in [2.45, 2.75) is 26.8 Å². The molecule has 2 aromatic carbocycles. The van der Waals surface area contributed by atoms with Crippen LogP contribution >= 0.6 is 22.9 Å². The SMILES string of the molecule is Cc1ccc(-c2cc(C(F)(F)F)nc3sc(C(N)=O)c(NC(=O)c4ccn(COc5ccc(Cl)c(C)c5)n4)c23)cc1. The van der Waals surface area contributed by atoms with E-state index in [-0.39, 0.29) is 38.8 Å². The predicted octanol–water partition coefficient (Wildman–Crippen LogP) is 6.84. The Morgan fingerprint density at radius 1 is 1.10 bits per heavy atom. The Hall–Kier alpha value is -4.42. The van der Waals surface area contributed by atoms with Gasteiger partial charge in [0.1, 0.15) is 21.2 Å². The maximum Gasteiger partial charge on any atom is 0.433 e. The van der Waals surface area contributed by atoms with E-state index in [1.54, 1.807) is 42.5 Å². The molecule has 5 rings (SSSR count). The van der Waals surface area contributed by atoms with Crippen LogP contribution in [0.3, 0.4) is 0 Å². The number of anilines is 1. The average Bonchev–Trinajstić information content (AvgIpc) is 3.54. The Kier molecular flexibility index (Phi) is 7.45. The summed E-state index contributed by atoms with van der Waals surface area (Å²) in [5, 5.41) is 7.60. The van der Waals surface area contributed by atoms with Crippen LogP contribution in [0.2, 0.25) is 5.02 Å². The molecular formula is C28H21ClF3N5O3S. The van der Waals surface area contributed by atoms with Crippen molar-refractivity contribution >= 4 is 50.7 Å². The Morgan fingerprint density at radius 3 is 2.49 bits per heavy atom. The molecule has 0 aliphatic heterocycles. The van der Waals surface area contributed by atoms with E-state index in [4.69, 9.17) is 22.1 Å². The van der Waals surface area contributed by atoms with Gasteiger partial charge in [0.2, 0.25) is 0 Å². The van der Waals surface area contributed by atoms with E-state index >= 15 is 0 Å². The summed E-state index contributed by atoms with van der Waals surface area (Å²) in [4.78, 5) is 29.1. The number of amides is 2. The molecular weight excluding hydrogens is 579 g/mol. The van der Waals surface area contributed by atoms with Gasteiger partial charge in [0.15, 0.2) is 12.4 Å². The molecule has 0 aliphatic carbocycles. The molecule has 0 unspecified atom stereocenters. The fraction of sp³-hybridized carbons (Fsp3) is 0.143. The summed E-state index contributed by atoms with van der Waals surface area (Å²) < 4.78 is 48.3. The fourth-order valence-electron chi connectivity index (χ4n) is 4.08. The number of alkyl halides is 3.